The molecule has 1 amide bonds. The number of anilines is 1. The first-order valence-corrected chi connectivity index (χ1v) is 15.6. The number of amides is 1. The van der Waals surface area contributed by atoms with Gasteiger partial charge in [-0.3, -0.25) is 14.3 Å². The largest absolute Gasteiger partial charge is 0.417 e. The van der Waals surface area contributed by atoms with Gasteiger partial charge in [-0.25, -0.2) is 18.0 Å². The number of halogens is 6. The summed E-state index contributed by atoms with van der Waals surface area (Å²) >= 11 is 1.21. The summed E-state index contributed by atoms with van der Waals surface area (Å²) in [5.74, 6) is -0.434. The van der Waals surface area contributed by atoms with Crippen molar-refractivity contribution in [3.8, 4) is 11.1 Å². The fraction of sp³-hybridized carbons (Fsp3) is 0.452. The van der Waals surface area contributed by atoms with Crippen LogP contribution >= 0.6 is 11.8 Å². The zero-order valence-corrected chi connectivity index (χ0v) is 25.2. The number of piperazine rings is 1. The molecule has 2 saturated heterocycles. The molecule has 1 aromatic heterocycles. The maximum atomic E-state index is 14.8. The van der Waals surface area contributed by atoms with Crippen molar-refractivity contribution >= 4 is 34.4 Å². The Bertz CT molecular complexity index is 1690. The molecular formula is C31H31F6N5O2S. The standard InChI is InChI=1S/C31H31F6N5O2S/c1-3-25(43)40-8-9-41(17(2)12-40)29-22-11-23(31(35,36)37)26(19-4-6-20(32)7-5-19)28-27(22)42(30(44)38-29)21(16-45-28)10-18-13-39(14-18)15-24(33)34/h3-7,11,17-18,21,24H,1,8-10,12-16H2,2H3/t17-,21-/m0/s1. The van der Waals surface area contributed by atoms with Gasteiger partial charge in [-0.1, -0.05) is 18.7 Å². The molecule has 3 aliphatic heterocycles. The molecule has 0 spiro atoms. The predicted octanol–water partition coefficient (Wildman–Crippen LogP) is 5.68. The van der Waals surface area contributed by atoms with E-state index in [4.69, 9.17) is 0 Å². The molecule has 14 heteroatoms. The second-order valence-corrected chi connectivity index (χ2v) is 12.9. The first-order valence-electron chi connectivity index (χ1n) is 14.6. The number of hydrogen-bond donors (Lipinski definition) is 0. The van der Waals surface area contributed by atoms with E-state index in [2.05, 4.69) is 11.6 Å². The zero-order chi connectivity index (χ0) is 32.2. The molecule has 0 aliphatic carbocycles. The SMILES string of the molecule is C=CC(=O)N1CCN(c2nc(=O)n3c4c(c(-c5ccc(F)cc5)c(C(F)(F)F)cc24)SC[C@@H]3CC2CN(CC(F)F)C2)[C@@H](C)C1. The molecule has 2 atom stereocenters. The van der Waals surface area contributed by atoms with Gasteiger partial charge >= 0.3 is 11.9 Å². The van der Waals surface area contributed by atoms with E-state index < -0.39 is 35.7 Å². The predicted molar refractivity (Wildman–Crippen MR) is 160 cm³/mol. The summed E-state index contributed by atoms with van der Waals surface area (Å²) in [5.41, 5.74) is -1.19. The van der Waals surface area contributed by atoms with Crippen molar-refractivity contribution in [1.82, 2.24) is 19.4 Å². The van der Waals surface area contributed by atoms with Gasteiger partial charge in [0.05, 0.1) is 17.6 Å². The molecule has 4 heterocycles. The van der Waals surface area contributed by atoms with Crippen molar-refractivity contribution in [2.75, 3.05) is 49.9 Å². The number of aromatic nitrogens is 2. The molecule has 0 unspecified atom stereocenters. The highest BCUT2D eigenvalue weighted by Gasteiger charge is 2.41. The van der Waals surface area contributed by atoms with E-state index in [-0.39, 0.29) is 77.0 Å². The van der Waals surface area contributed by atoms with Crippen LogP contribution in [0, 0.1) is 11.7 Å². The van der Waals surface area contributed by atoms with Crippen LogP contribution in [0.2, 0.25) is 0 Å². The smallest absolute Gasteiger partial charge is 0.350 e. The van der Waals surface area contributed by atoms with Crippen LogP contribution in [0.4, 0.5) is 32.2 Å². The van der Waals surface area contributed by atoms with Gasteiger partial charge < -0.3 is 9.80 Å². The summed E-state index contributed by atoms with van der Waals surface area (Å²) in [4.78, 5) is 35.8. The van der Waals surface area contributed by atoms with Crippen LogP contribution in [0.5, 0.6) is 0 Å². The van der Waals surface area contributed by atoms with E-state index in [9.17, 15) is 35.9 Å². The minimum absolute atomic E-state index is 0.0408. The third kappa shape index (κ3) is 5.94. The molecule has 6 rings (SSSR count). The molecule has 0 radical (unpaired) electrons. The molecule has 7 nitrogen and oxygen atoms in total. The van der Waals surface area contributed by atoms with Crippen LogP contribution in [-0.2, 0) is 11.0 Å². The van der Waals surface area contributed by atoms with Crippen LogP contribution in [0.25, 0.3) is 22.0 Å². The molecule has 0 saturated carbocycles. The van der Waals surface area contributed by atoms with Gasteiger partial charge in [-0.05, 0) is 49.1 Å². The fourth-order valence-corrected chi connectivity index (χ4v) is 8.13. The van der Waals surface area contributed by atoms with Crippen LogP contribution in [-0.4, -0.2) is 82.7 Å². The van der Waals surface area contributed by atoms with E-state index in [0.717, 1.165) is 18.2 Å². The lowest BCUT2D eigenvalue weighted by Gasteiger charge is -2.42. The Labute approximate surface area is 259 Å². The van der Waals surface area contributed by atoms with Crippen molar-refractivity contribution in [1.29, 1.82) is 0 Å². The Morgan fingerprint density at radius 2 is 1.87 bits per heavy atom. The van der Waals surface area contributed by atoms with Crippen LogP contribution in [0.1, 0.15) is 24.9 Å². The van der Waals surface area contributed by atoms with E-state index in [0.29, 0.717) is 25.0 Å². The number of alkyl halides is 5. The van der Waals surface area contributed by atoms with Gasteiger partial charge in [0, 0.05) is 66.4 Å². The number of rotatable bonds is 7. The monoisotopic (exact) mass is 651 g/mol. The molecule has 3 aromatic rings. The average molecular weight is 652 g/mol. The maximum Gasteiger partial charge on any atom is 0.417 e. The fourth-order valence-electron chi connectivity index (χ4n) is 6.77. The van der Waals surface area contributed by atoms with Crippen LogP contribution in [0.3, 0.4) is 0 Å². The van der Waals surface area contributed by atoms with E-state index >= 15 is 0 Å². The van der Waals surface area contributed by atoms with E-state index in [1.807, 2.05) is 6.92 Å². The summed E-state index contributed by atoms with van der Waals surface area (Å²) in [6, 6.07) is 5.02. The first-order chi connectivity index (χ1) is 21.3. The molecule has 3 aliphatic rings. The lowest BCUT2D eigenvalue weighted by atomic mass is 9.91. The van der Waals surface area contributed by atoms with Gasteiger partial charge in [0.1, 0.15) is 11.6 Å². The van der Waals surface area contributed by atoms with Gasteiger partial charge in [0.2, 0.25) is 5.91 Å². The summed E-state index contributed by atoms with van der Waals surface area (Å²) in [7, 11) is 0. The number of carbonyl (C=O) groups excluding carboxylic acids is 1. The number of benzene rings is 2. The summed E-state index contributed by atoms with van der Waals surface area (Å²) in [6.45, 7) is 6.66. The summed E-state index contributed by atoms with van der Waals surface area (Å²) < 4.78 is 85.5. The lowest BCUT2D eigenvalue weighted by Crippen LogP contribution is -2.54. The molecule has 0 N–H and O–H groups in total. The highest BCUT2D eigenvalue weighted by molar-refractivity contribution is 7.99. The van der Waals surface area contributed by atoms with Crippen molar-refractivity contribution in [3.63, 3.8) is 0 Å². The van der Waals surface area contributed by atoms with Crippen molar-refractivity contribution in [2.24, 2.45) is 5.92 Å². The topological polar surface area (TPSA) is 61.7 Å². The minimum Gasteiger partial charge on any atom is -0.350 e. The number of thioether (sulfide) groups is 1. The normalized spacial score (nSPS) is 21.0. The highest BCUT2D eigenvalue weighted by Crippen LogP contribution is 2.50. The summed E-state index contributed by atoms with van der Waals surface area (Å²) in [6.07, 6.45) is -5.55. The second kappa shape index (κ2) is 12.0. The Morgan fingerprint density at radius 1 is 1.16 bits per heavy atom. The summed E-state index contributed by atoms with van der Waals surface area (Å²) in [5, 5.41) is 0.156. The van der Waals surface area contributed by atoms with Crippen LogP contribution < -0.4 is 10.6 Å². The molecule has 0 bridgehead atoms. The lowest BCUT2D eigenvalue weighted by molar-refractivity contribution is -0.137. The van der Waals surface area contributed by atoms with Crippen molar-refractivity contribution in [3.05, 3.63) is 64.9 Å². The Balaban J connectivity index is 1.52. The molecule has 240 valence electrons. The van der Waals surface area contributed by atoms with Gasteiger partial charge in [0.25, 0.3) is 6.43 Å². The average Bonchev–Trinajstić information content (AvgIpc) is 2.97. The number of nitrogens with zero attached hydrogens (tertiary/aromatic N) is 5. The number of hydrogen-bond acceptors (Lipinski definition) is 6. The van der Waals surface area contributed by atoms with Crippen molar-refractivity contribution < 1.29 is 31.1 Å². The third-order valence-corrected chi connectivity index (χ3v) is 10.0. The van der Waals surface area contributed by atoms with Crippen molar-refractivity contribution in [2.45, 2.75) is 42.9 Å². The molecular weight excluding hydrogens is 620 g/mol. The molecule has 45 heavy (non-hydrogen) atoms. The maximum absolute atomic E-state index is 14.8. The first kappa shape index (κ1) is 31.5. The quantitative estimate of drug-likeness (QED) is 0.242. The molecule has 2 fully saturated rings. The number of carbonyl (C=O) groups is 1. The third-order valence-electron chi connectivity index (χ3n) is 8.79. The van der Waals surface area contributed by atoms with Gasteiger partial charge in [-0.15, -0.1) is 11.8 Å². The van der Waals surface area contributed by atoms with Gasteiger partial charge in [0.15, 0.2) is 0 Å². The Morgan fingerprint density at radius 3 is 2.49 bits per heavy atom. The molecule has 2 aromatic carbocycles. The Kier molecular flexibility index (Phi) is 8.40. The second-order valence-electron chi connectivity index (χ2n) is 11.8. The minimum atomic E-state index is -4.79. The van der Waals surface area contributed by atoms with Gasteiger partial charge in [-0.2, -0.15) is 18.2 Å². The van der Waals surface area contributed by atoms with E-state index in [1.165, 1.54) is 34.5 Å². The zero-order valence-electron chi connectivity index (χ0n) is 24.4. The highest BCUT2D eigenvalue weighted by atomic mass is 32.2. The Hall–Kier alpha value is -3.52. The van der Waals surface area contributed by atoms with Crippen LogP contribution in [0.15, 0.2) is 52.7 Å². The van der Waals surface area contributed by atoms with E-state index in [1.54, 1.807) is 14.7 Å². The number of likely N-dealkylation sites (tertiary alicyclic amines) is 1.